The van der Waals surface area contributed by atoms with Gasteiger partial charge in [-0.1, -0.05) is 13.8 Å². The van der Waals surface area contributed by atoms with E-state index in [0.717, 1.165) is 39.1 Å². The van der Waals surface area contributed by atoms with Gasteiger partial charge in [0.1, 0.15) is 6.26 Å². The van der Waals surface area contributed by atoms with Gasteiger partial charge in [-0.25, -0.2) is 4.79 Å². The van der Waals surface area contributed by atoms with Crippen LogP contribution in [0.4, 0.5) is 6.01 Å². The lowest BCUT2D eigenvalue weighted by Gasteiger charge is -2.22. The number of carboxylic acids is 1. The number of aromatic carboxylic acids is 1. The van der Waals surface area contributed by atoms with E-state index in [1.54, 1.807) is 0 Å². The third-order valence-corrected chi connectivity index (χ3v) is 3.16. The minimum absolute atomic E-state index is 0.0443. The Labute approximate surface area is 114 Å². The normalized spacial score (nSPS) is 10.9. The molecule has 0 unspecified atom stereocenters. The van der Waals surface area contributed by atoms with Gasteiger partial charge < -0.3 is 19.3 Å². The summed E-state index contributed by atoms with van der Waals surface area (Å²) in [6.45, 7) is 11.0. The zero-order chi connectivity index (χ0) is 14.3. The molecule has 6 heteroatoms. The standard InChI is InChI=1S/C13H23N3O3/c1-4-15(5-2)8-7-9-16(6-3)13-14-11(10-19-13)12(17)18/h10H,4-9H2,1-3H3,(H,17,18). The fourth-order valence-corrected chi connectivity index (χ4v) is 1.92. The molecular formula is C13H23N3O3. The van der Waals surface area contributed by atoms with Crippen molar-refractivity contribution in [3.8, 4) is 0 Å². The molecule has 1 heterocycles. The van der Waals surface area contributed by atoms with Crippen LogP contribution in [0.5, 0.6) is 0 Å². The predicted octanol–water partition coefficient (Wildman–Crippen LogP) is 1.93. The maximum absolute atomic E-state index is 10.8. The second-order valence-corrected chi connectivity index (χ2v) is 4.28. The van der Waals surface area contributed by atoms with Crippen LogP contribution in [-0.2, 0) is 0 Å². The molecule has 19 heavy (non-hydrogen) atoms. The second-order valence-electron chi connectivity index (χ2n) is 4.28. The molecular weight excluding hydrogens is 246 g/mol. The van der Waals surface area contributed by atoms with Gasteiger partial charge >= 0.3 is 5.97 Å². The monoisotopic (exact) mass is 269 g/mol. The number of carboxylic acid groups (broad SMARTS) is 1. The number of hydrogen-bond donors (Lipinski definition) is 1. The highest BCUT2D eigenvalue weighted by molar-refractivity contribution is 5.85. The highest BCUT2D eigenvalue weighted by Gasteiger charge is 2.15. The van der Waals surface area contributed by atoms with Gasteiger partial charge in [0.15, 0.2) is 5.69 Å². The number of carbonyl (C=O) groups is 1. The fraction of sp³-hybridized carbons (Fsp3) is 0.692. The quantitative estimate of drug-likeness (QED) is 0.738. The van der Waals surface area contributed by atoms with E-state index in [1.807, 2.05) is 11.8 Å². The van der Waals surface area contributed by atoms with Crippen molar-refractivity contribution in [2.24, 2.45) is 0 Å². The van der Waals surface area contributed by atoms with Gasteiger partial charge in [0, 0.05) is 13.1 Å². The van der Waals surface area contributed by atoms with Crippen LogP contribution in [0, 0.1) is 0 Å². The van der Waals surface area contributed by atoms with E-state index < -0.39 is 5.97 Å². The van der Waals surface area contributed by atoms with Crippen LogP contribution in [0.25, 0.3) is 0 Å². The fourth-order valence-electron chi connectivity index (χ4n) is 1.92. The van der Waals surface area contributed by atoms with Crippen LogP contribution in [-0.4, -0.2) is 53.7 Å². The van der Waals surface area contributed by atoms with Gasteiger partial charge in [-0.2, -0.15) is 4.98 Å². The summed E-state index contributed by atoms with van der Waals surface area (Å²) in [4.78, 5) is 19.0. The van der Waals surface area contributed by atoms with Gasteiger partial charge in [-0.15, -0.1) is 0 Å². The van der Waals surface area contributed by atoms with Gasteiger partial charge in [-0.05, 0) is 33.0 Å². The third kappa shape index (κ3) is 4.55. The molecule has 0 fully saturated rings. The highest BCUT2D eigenvalue weighted by Crippen LogP contribution is 2.13. The van der Waals surface area contributed by atoms with Gasteiger partial charge in [-0.3, -0.25) is 0 Å². The van der Waals surface area contributed by atoms with E-state index in [9.17, 15) is 4.79 Å². The lowest BCUT2D eigenvalue weighted by Crippen LogP contribution is -2.30. The number of hydrogen-bond acceptors (Lipinski definition) is 5. The van der Waals surface area contributed by atoms with Crippen molar-refractivity contribution < 1.29 is 14.3 Å². The van der Waals surface area contributed by atoms with Gasteiger partial charge in [0.2, 0.25) is 0 Å². The summed E-state index contributed by atoms with van der Waals surface area (Å²) in [6.07, 6.45) is 2.19. The van der Waals surface area contributed by atoms with Crippen LogP contribution >= 0.6 is 0 Å². The number of nitrogens with zero attached hydrogens (tertiary/aromatic N) is 3. The zero-order valence-electron chi connectivity index (χ0n) is 11.9. The first kappa shape index (κ1) is 15.5. The Kier molecular flexibility index (Phi) is 6.35. The molecule has 0 saturated heterocycles. The highest BCUT2D eigenvalue weighted by atomic mass is 16.4. The van der Waals surface area contributed by atoms with Crippen molar-refractivity contribution in [2.75, 3.05) is 37.6 Å². The van der Waals surface area contributed by atoms with E-state index in [2.05, 4.69) is 23.7 Å². The lowest BCUT2D eigenvalue weighted by molar-refractivity contribution is 0.0690. The molecule has 0 aliphatic carbocycles. The largest absolute Gasteiger partial charge is 0.476 e. The number of oxazole rings is 1. The lowest BCUT2D eigenvalue weighted by atomic mass is 10.3. The van der Waals surface area contributed by atoms with Crippen molar-refractivity contribution in [1.82, 2.24) is 9.88 Å². The molecule has 0 aliphatic heterocycles. The second kappa shape index (κ2) is 7.78. The van der Waals surface area contributed by atoms with Gasteiger partial charge in [0.05, 0.1) is 0 Å². The molecule has 0 atom stereocenters. The Bertz CT molecular complexity index is 388. The SMILES string of the molecule is CCN(CC)CCCN(CC)c1nc(C(=O)O)co1. The minimum atomic E-state index is -1.06. The van der Waals surface area contributed by atoms with Crippen molar-refractivity contribution in [2.45, 2.75) is 27.2 Å². The first-order valence-corrected chi connectivity index (χ1v) is 6.78. The van der Waals surface area contributed by atoms with Crippen LogP contribution < -0.4 is 4.90 Å². The van der Waals surface area contributed by atoms with Crippen LogP contribution in [0.15, 0.2) is 10.7 Å². The van der Waals surface area contributed by atoms with E-state index in [0.29, 0.717) is 6.01 Å². The minimum Gasteiger partial charge on any atom is -0.476 e. The summed E-state index contributed by atoms with van der Waals surface area (Å²) < 4.78 is 5.21. The molecule has 108 valence electrons. The number of aromatic nitrogens is 1. The molecule has 0 spiro atoms. The first-order chi connectivity index (χ1) is 9.12. The van der Waals surface area contributed by atoms with E-state index in [4.69, 9.17) is 9.52 Å². The summed E-state index contributed by atoms with van der Waals surface area (Å²) in [6, 6.07) is 0.388. The smallest absolute Gasteiger partial charge is 0.357 e. The van der Waals surface area contributed by atoms with Crippen LogP contribution in [0.3, 0.4) is 0 Å². The predicted molar refractivity (Wildman–Crippen MR) is 73.8 cm³/mol. The van der Waals surface area contributed by atoms with E-state index in [1.165, 1.54) is 6.26 Å². The average molecular weight is 269 g/mol. The molecule has 0 saturated carbocycles. The average Bonchev–Trinajstić information content (AvgIpc) is 2.89. The van der Waals surface area contributed by atoms with E-state index >= 15 is 0 Å². The zero-order valence-corrected chi connectivity index (χ0v) is 11.9. The summed E-state index contributed by atoms with van der Waals surface area (Å²) in [5.74, 6) is -1.06. The Morgan fingerprint density at radius 3 is 2.42 bits per heavy atom. The van der Waals surface area contributed by atoms with Crippen molar-refractivity contribution >= 4 is 12.0 Å². The van der Waals surface area contributed by atoms with E-state index in [-0.39, 0.29) is 5.69 Å². The molecule has 6 nitrogen and oxygen atoms in total. The third-order valence-electron chi connectivity index (χ3n) is 3.16. The molecule has 1 aromatic rings. The summed E-state index contributed by atoms with van der Waals surface area (Å²) >= 11 is 0. The molecule has 0 aromatic carbocycles. The molecule has 0 bridgehead atoms. The number of anilines is 1. The summed E-state index contributed by atoms with van der Waals surface area (Å²) in [7, 11) is 0. The molecule has 1 rings (SSSR count). The van der Waals surface area contributed by atoms with Gasteiger partial charge in [0.25, 0.3) is 6.01 Å². The maximum atomic E-state index is 10.8. The topological polar surface area (TPSA) is 69.8 Å². The van der Waals surface area contributed by atoms with Crippen LogP contribution in [0.2, 0.25) is 0 Å². The molecule has 0 aliphatic rings. The van der Waals surface area contributed by atoms with Crippen LogP contribution in [0.1, 0.15) is 37.7 Å². The molecule has 0 radical (unpaired) electrons. The summed E-state index contributed by atoms with van der Waals surface area (Å²) in [5.41, 5.74) is -0.0443. The number of rotatable bonds is 9. The van der Waals surface area contributed by atoms with Crippen molar-refractivity contribution in [1.29, 1.82) is 0 Å². The molecule has 1 aromatic heterocycles. The maximum Gasteiger partial charge on any atom is 0.357 e. The first-order valence-electron chi connectivity index (χ1n) is 6.78. The van der Waals surface area contributed by atoms with Crippen molar-refractivity contribution in [3.63, 3.8) is 0 Å². The molecule has 0 amide bonds. The summed E-state index contributed by atoms with van der Waals surface area (Å²) in [5, 5.41) is 8.82. The molecule has 1 N–H and O–H groups in total. The van der Waals surface area contributed by atoms with Crippen molar-refractivity contribution in [3.05, 3.63) is 12.0 Å². The Morgan fingerprint density at radius 2 is 1.95 bits per heavy atom. The Balaban J connectivity index is 2.50. The Hall–Kier alpha value is -1.56. The Morgan fingerprint density at radius 1 is 1.26 bits per heavy atom.